The molecule has 0 spiro atoms. The van der Waals surface area contributed by atoms with Crippen LogP contribution in [0.4, 0.5) is 14.6 Å². The van der Waals surface area contributed by atoms with Gasteiger partial charge in [-0.15, -0.1) is 0 Å². The molecule has 1 saturated carbocycles. The van der Waals surface area contributed by atoms with Crippen LogP contribution in [0.3, 0.4) is 0 Å². The third kappa shape index (κ3) is 6.47. The summed E-state index contributed by atoms with van der Waals surface area (Å²) in [5.74, 6) is -1.67. The molecule has 3 aliphatic rings. The Morgan fingerprint density at radius 3 is 2.85 bits per heavy atom. The number of aromatic nitrogens is 1. The van der Waals surface area contributed by atoms with E-state index >= 15 is 0 Å². The number of benzene rings is 1. The van der Waals surface area contributed by atoms with Crippen LogP contribution >= 0.6 is 0 Å². The minimum absolute atomic E-state index is 0.0216. The van der Waals surface area contributed by atoms with Crippen molar-refractivity contribution >= 4 is 17.5 Å². The second-order valence-corrected chi connectivity index (χ2v) is 10.9. The molecular weight excluding hydrogens is 504 g/mol. The highest BCUT2D eigenvalue weighted by molar-refractivity contribution is 5.87. The lowest BCUT2D eigenvalue weighted by atomic mass is 9.89. The molecule has 7 nitrogen and oxygen atoms in total. The number of hydrogen-bond donors (Lipinski definition) is 2. The fourth-order valence-corrected chi connectivity index (χ4v) is 5.87. The zero-order valence-electron chi connectivity index (χ0n) is 22.6. The van der Waals surface area contributed by atoms with Crippen molar-refractivity contribution in [1.29, 1.82) is 0 Å². The molecule has 3 heterocycles. The summed E-state index contributed by atoms with van der Waals surface area (Å²) in [6, 6.07) is 5.05. The quantitative estimate of drug-likeness (QED) is 0.310. The van der Waals surface area contributed by atoms with Crippen LogP contribution in [-0.2, 0) is 27.1 Å². The molecular formula is C30H38F2N3O4+. The minimum atomic E-state index is -1.20. The minimum Gasteiger partial charge on any atom is -0.476 e. The summed E-state index contributed by atoms with van der Waals surface area (Å²) >= 11 is 0. The van der Waals surface area contributed by atoms with Crippen molar-refractivity contribution in [3.05, 3.63) is 58.3 Å². The van der Waals surface area contributed by atoms with Gasteiger partial charge in [0, 0.05) is 42.6 Å². The lowest BCUT2D eigenvalue weighted by molar-refractivity contribution is -0.537. The molecule has 2 aromatic rings. The van der Waals surface area contributed by atoms with Gasteiger partial charge >= 0.3 is 5.97 Å². The Balaban J connectivity index is 1.16. The molecule has 1 aromatic heterocycles. The van der Waals surface area contributed by atoms with Crippen LogP contribution < -0.4 is 5.32 Å². The summed E-state index contributed by atoms with van der Waals surface area (Å²) in [6.07, 6.45) is 8.00. The number of fused-ring (bicyclic) bond motifs is 1. The van der Waals surface area contributed by atoms with Gasteiger partial charge in [0.15, 0.2) is 5.71 Å². The van der Waals surface area contributed by atoms with Gasteiger partial charge in [-0.25, -0.2) is 23.1 Å². The van der Waals surface area contributed by atoms with E-state index in [1.54, 1.807) is 11.6 Å². The number of ether oxygens (including phenoxy) is 2. The van der Waals surface area contributed by atoms with Crippen molar-refractivity contribution in [2.45, 2.75) is 82.5 Å². The molecule has 2 N–H and O–H groups in total. The monoisotopic (exact) mass is 542 g/mol. The number of halogens is 2. The Kier molecular flexibility index (Phi) is 8.87. The van der Waals surface area contributed by atoms with Gasteiger partial charge in [0.05, 0.1) is 25.0 Å². The van der Waals surface area contributed by atoms with Gasteiger partial charge in [0.2, 0.25) is 0 Å². The highest BCUT2D eigenvalue weighted by Crippen LogP contribution is 2.37. The van der Waals surface area contributed by atoms with Crippen LogP contribution in [0.1, 0.15) is 85.9 Å². The smallest absolute Gasteiger partial charge is 0.378 e. The van der Waals surface area contributed by atoms with Gasteiger partial charge < -0.3 is 19.9 Å². The van der Waals surface area contributed by atoms with Gasteiger partial charge in [0.1, 0.15) is 24.5 Å². The lowest BCUT2D eigenvalue weighted by Gasteiger charge is -2.29. The Bertz CT molecular complexity index is 1220. The number of unbranched alkanes of at least 4 members (excludes halogenated alkanes) is 1. The number of aliphatic carboxylic acids is 1. The number of carbonyl (C=O) groups is 1. The third-order valence-corrected chi connectivity index (χ3v) is 8.10. The number of likely N-dealkylation sites (N-methyl/N-ethyl adjacent to an activating group) is 1. The Hall–Kier alpha value is -2.91. The highest BCUT2D eigenvalue weighted by atomic mass is 19.1. The van der Waals surface area contributed by atoms with Crippen LogP contribution in [0, 0.1) is 11.6 Å². The number of pyridine rings is 1. The normalized spacial score (nSPS) is 21.5. The average molecular weight is 543 g/mol. The number of nitrogens with zero attached hydrogens (tertiary/aromatic N) is 2. The second-order valence-electron chi connectivity index (χ2n) is 10.9. The summed E-state index contributed by atoms with van der Waals surface area (Å²) in [6.45, 7) is 2.09. The summed E-state index contributed by atoms with van der Waals surface area (Å²) in [4.78, 5) is 17.1. The number of nitrogens with one attached hydrogen (secondary N) is 1. The Morgan fingerprint density at radius 2 is 2.08 bits per heavy atom. The number of aryl methyl sites for hydroxylation is 2. The van der Waals surface area contributed by atoms with Crippen LogP contribution in [0.25, 0.3) is 0 Å². The van der Waals surface area contributed by atoms with E-state index in [0.717, 1.165) is 80.8 Å². The van der Waals surface area contributed by atoms with Crippen molar-refractivity contribution < 1.29 is 32.7 Å². The van der Waals surface area contributed by atoms with E-state index in [9.17, 15) is 18.7 Å². The number of carboxylic acids is 1. The number of carboxylic acid groups (broad SMARTS) is 1. The van der Waals surface area contributed by atoms with Crippen LogP contribution in [-0.4, -0.2) is 59.3 Å². The van der Waals surface area contributed by atoms with Crippen molar-refractivity contribution in [2.75, 3.05) is 32.1 Å². The maximum Gasteiger partial charge on any atom is 0.378 e. The summed E-state index contributed by atoms with van der Waals surface area (Å²) in [5, 5.41) is 13.5. The largest absolute Gasteiger partial charge is 0.476 e. The van der Waals surface area contributed by atoms with Gasteiger partial charge in [-0.1, -0.05) is 6.07 Å². The topological polar surface area (TPSA) is 83.7 Å². The third-order valence-electron chi connectivity index (χ3n) is 8.10. The van der Waals surface area contributed by atoms with Crippen LogP contribution in [0.15, 0.2) is 24.3 Å². The maximum absolute atomic E-state index is 15.0. The predicted molar refractivity (Wildman–Crippen MR) is 143 cm³/mol. The first kappa shape index (κ1) is 27.6. The van der Waals surface area contributed by atoms with Gasteiger partial charge in [-0.2, -0.15) is 0 Å². The lowest BCUT2D eigenvalue weighted by Crippen LogP contribution is -2.40. The Labute approximate surface area is 228 Å². The van der Waals surface area contributed by atoms with Crippen molar-refractivity contribution in [2.24, 2.45) is 0 Å². The van der Waals surface area contributed by atoms with E-state index in [1.165, 1.54) is 5.56 Å². The van der Waals surface area contributed by atoms with Gasteiger partial charge in [-0.05, 0) is 69.1 Å². The first-order valence-corrected chi connectivity index (χ1v) is 14.2. The zero-order valence-corrected chi connectivity index (χ0v) is 22.6. The van der Waals surface area contributed by atoms with E-state index in [0.29, 0.717) is 32.5 Å². The second kappa shape index (κ2) is 12.5. The van der Waals surface area contributed by atoms with Gasteiger partial charge in [0.25, 0.3) is 6.04 Å². The molecule has 2 fully saturated rings. The number of hydrogen-bond acceptors (Lipinski definition) is 5. The molecule has 2 aliphatic heterocycles. The fourth-order valence-electron chi connectivity index (χ4n) is 5.87. The van der Waals surface area contributed by atoms with Crippen molar-refractivity contribution in [3.8, 4) is 0 Å². The maximum atomic E-state index is 15.0. The summed E-state index contributed by atoms with van der Waals surface area (Å²) in [5.41, 5.74) is 3.57. The summed E-state index contributed by atoms with van der Waals surface area (Å²) < 4.78 is 42.7. The first-order chi connectivity index (χ1) is 18.9. The van der Waals surface area contributed by atoms with Crippen LogP contribution in [0.2, 0.25) is 0 Å². The molecule has 0 bridgehead atoms. The van der Waals surface area contributed by atoms with Gasteiger partial charge in [-0.3, -0.25) is 0 Å². The molecule has 1 aliphatic carbocycles. The fraction of sp³-hybridized carbons (Fsp3) is 0.567. The number of anilines is 1. The zero-order chi connectivity index (χ0) is 27.4. The SMILES string of the molecule is C[N+](=C1CC(OCCCCc2ccc3c(n2)NCCC3)C1)C(C(=O)O)c1cc(F)cc(F)c1[C@@H]1CCCCO1. The first-order valence-electron chi connectivity index (χ1n) is 14.2. The Morgan fingerprint density at radius 1 is 1.23 bits per heavy atom. The molecule has 9 heteroatoms. The highest BCUT2D eigenvalue weighted by Gasteiger charge is 2.41. The number of rotatable bonds is 10. The van der Waals surface area contributed by atoms with E-state index in [1.807, 2.05) is 0 Å². The molecule has 0 amide bonds. The molecule has 2 atom stereocenters. The molecule has 5 rings (SSSR count). The average Bonchev–Trinajstić information content (AvgIpc) is 2.89. The standard InChI is InChI=1S/C30H37F2N3O4/c1-35(28(30(36)37)24-15-20(31)16-25(32)27(24)26-9-3-5-14-39-26)22-17-23(18-22)38-13-4-2-8-21-11-10-19-7-6-12-33-29(19)34-21/h10-11,15-16,23,26,28H,2-9,12-14,17-18H2,1H3,(H-,33,34,36,37)/p+1/t23?,26-,28?/m0/s1. The van der Waals surface area contributed by atoms with Crippen molar-refractivity contribution in [3.63, 3.8) is 0 Å². The van der Waals surface area contributed by atoms with E-state index in [-0.39, 0.29) is 17.2 Å². The predicted octanol–water partition coefficient (Wildman–Crippen LogP) is 5.37. The molecule has 1 saturated heterocycles. The molecule has 210 valence electrons. The summed E-state index contributed by atoms with van der Waals surface area (Å²) in [7, 11) is 1.68. The molecule has 1 unspecified atom stereocenters. The van der Waals surface area contributed by atoms with E-state index < -0.39 is 29.7 Å². The van der Waals surface area contributed by atoms with Crippen molar-refractivity contribution in [1.82, 2.24) is 4.98 Å². The molecule has 0 radical (unpaired) electrons. The molecule has 39 heavy (non-hydrogen) atoms. The van der Waals surface area contributed by atoms with E-state index in [4.69, 9.17) is 14.5 Å². The van der Waals surface area contributed by atoms with E-state index in [2.05, 4.69) is 17.4 Å². The van der Waals surface area contributed by atoms with Crippen LogP contribution in [0.5, 0.6) is 0 Å². The molecule has 1 aromatic carbocycles.